The van der Waals surface area contributed by atoms with E-state index in [2.05, 4.69) is 25.4 Å². The standard InChI is InChI=1S/C10H13N5O2/c1-3-16-9-4-8(12-6-13-9)11-5-10-14-7(2)15-17-10/h4,6H,3,5H2,1-2H3,(H,11,12,13). The largest absolute Gasteiger partial charge is 0.478 e. The monoisotopic (exact) mass is 235 g/mol. The molecule has 0 unspecified atom stereocenters. The van der Waals surface area contributed by atoms with E-state index in [4.69, 9.17) is 9.26 Å². The first-order chi connectivity index (χ1) is 8.28. The molecule has 1 N–H and O–H groups in total. The second-order valence-corrected chi connectivity index (χ2v) is 3.26. The number of aryl methyl sites for hydroxylation is 1. The summed E-state index contributed by atoms with van der Waals surface area (Å²) in [5.41, 5.74) is 0. The fourth-order valence-electron chi connectivity index (χ4n) is 1.24. The topological polar surface area (TPSA) is 86.0 Å². The van der Waals surface area contributed by atoms with Gasteiger partial charge < -0.3 is 14.6 Å². The van der Waals surface area contributed by atoms with Gasteiger partial charge in [-0.2, -0.15) is 4.98 Å². The lowest BCUT2D eigenvalue weighted by Crippen LogP contribution is -2.03. The number of aromatic nitrogens is 4. The van der Waals surface area contributed by atoms with Crippen molar-refractivity contribution in [2.75, 3.05) is 11.9 Å². The Balaban J connectivity index is 1.96. The first kappa shape index (κ1) is 11.3. The predicted molar refractivity (Wildman–Crippen MR) is 59.6 cm³/mol. The maximum Gasteiger partial charge on any atom is 0.245 e. The molecule has 0 saturated carbocycles. The van der Waals surface area contributed by atoms with E-state index >= 15 is 0 Å². The number of hydrogen-bond acceptors (Lipinski definition) is 7. The number of nitrogens with zero attached hydrogens (tertiary/aromatic N) is 4. The van der Waals surface area contributed by atoms with Crippen LogP contribution in [0.25, 0.3) is 0 Å². The van der Waals surface area contributed by atoms with Gasteiger partial charge in [0.25, 0.3) is 0 Å². The molecule has 2 rings (SSSR count). The molecule has 0 aromatic carbocycles. The number of hydrogen-bond donors (Lipinski definition) is 1. The highest BCUT2D eigenvalue weighted by molar-refractivity contribution is 5.36. The fourth-order valence-corrected chi connectivity index (χ4v) is 1.24. The number of nitrogens with one attached hydrogen (secondary N) is 1. The molecule has 0 radical (unpaired) electrons. The molecule has 0 bridgehead atoms. The van der Waals surface area contributed by atoms with E-state index in [1.54, 1.807) is 13.0 Å². The second kappa shape index (κ2) is 5.24. The Morgan fingerprint density at radius 3 is 3.00 bits per heavy atom. The molecular formula is C10H13N5O2. The Hall–Kier alpha value is -2.18. The van der Waals surface area contributed by atoms with Gasteiger partial charge in [-0.15, -0.1) is 0 Å². The number of ether oxygens (including phenoxy) is 1. The zero-order chi connectivity index (χ0) is 12.1. The van der Waals surface area contributed by atoms with Crippen molar-refractivity contribution < 1.29 is 9.26 Å². The van der Waals surface area contributed by atoms with E-state index in [-0.39, 0.29) is 0 Å². The van der Waals surface area contributed by atoms with Crippen molar-refractivity contribution in [3.05, 3.63) is 24.1 Å². The van der Waals surface area contributed by atoms with Gasteiger partial charge in [0, 0.05) is 6.07 Å². The van der Waals surface area contributed by atoms with Crippen LogP contribution >= 0.6 is 0 Å². The molecule has 0 amide bonds. The van der Waals surface area contributed by atoms with E-state index in [1.165, 1.54) is 6.33 Å². The van der Waals surface area contributed by atoms with Crippen LogP contribution in [0, 0.1) is 6.92 Å². The number of rotatable bonds is 5. The van der Waals surface area contributed by atoms with E-state index < -0.39 is 0 Å². The Morgan fingerprint density at radius 1 is 1.41 bits per heavy atom. The third kappa shape index (κ3) is 3.13. The van der Waals surface area contributed by atoms with Gasteiger partial charge in [0.05, 0.1) is 13.2 Å². The van der Waals surface area contributed by atoms with Gasteiger partial charge in [-0.3, -0.25) is 0 Å². The summed E-state index contributed by atoms with van der Waals surface area (Å²) in [5.74, 6) is 2.31. The van der Waals surface area contributed by atoms with E-state index in [9.17, 15) is 0 Å². The lowest BCUT2D eigenvalue weighted by Gasteiger charge is -2.04. The molecule has 0 aliphatic carbocycles. The minimum absolute atomic E-state index is 0.420. The molecule has 2 aromatic heterocycles. The zero-order valence-electron chi connectivity index (χ0n) is 9.67. The van der Waals surface area contributed by atoms with Crippen LogP contribution in [-0.4, -0.2) is 26.7 Å². The van der Waals surface area contributed by atoms with Crippen molar-refractivity contribution in [2.45, 2.75) is 20.4 Å². The summed E-state index contributed by atoms with van der Waals surface area (Å²) >= 11 is 0. The first-order valence-electron chi connectivity index (χ1n) is 5.26. The van der Waals surface area contributed by atoms with Gasteiger partial charge in [-0.1, -0.05) is 5.16 Å². The van der Waals surface area contributed by atoms with Gasteiger partial charge in [-0.05, 0) is 13.8 Å². The van der Waals surface area contributed by atoms with Crippen molar-refractivity contribution in [2.24, 2.45) is 0 Å². The van der Waals surface area contributed by atoms with Crippen LogP contribution in [0.5, 0.6) is 5.88 Å². The maximum atomic E-state index is 5.26. The van der Waals surface area contributed by atoms with Gasteiger partial charge in [-0.25, -0.2) is 9.97 Å². The van der Waals surface area contributed by atoms with Crippen molar-refractivity contribution in [3.8, 4) is 5.88 Å². The molecule has 90 valence electrons. The summed E-state index contributed by atoms with van der Waals surface area (Å²) in [6.45, 7) is 4.66. The third-order valence-electron chi connectivity index (χ3n) is 1.92. The molecule has 0 aliphatic heterocycles. The average Bonchev–Trinajstić information content (AvgIpc) is 2.74. The highest BCUT2D eigenvalue weighted by Gasteiger charge is 2.03. The summed E-state index contributed by atoms with van der Waals surface area (Å²) in [6.07, 6.45) is 1.44. The van der Waals surface area contributed by atoms with Gasteiger partial charge >= 0.3 is 0 Å². The zero-order valence-corrected chi connectivity index (χ0v) is 9.67. The second-order valence-electron chi connectivity index (χ2n) is 3.26. The molecule has 0 aliphatic rings. The summed E-state index contributed by atoms with van der Waals surface area (Å²) in [7, 11) is 0. The molecule has 17 heavy (non-hydrogen) atoms. The van der Waals surface area contributed by atoms with Gasteiger partial charge in [0.15, 0.2) is 5.82 Å². The Morgan fingerprint density at radius 2 is 2.29 bits per heavy atom. The minimum Gasteiger partial charge on any atom is -0.478 e. The van der Waals surface area contributed by atoms with E-state index in [0.717, 1.165) is 0 Å². The van der Waals surface area contributed by atoms with Crippen LogP contribution in [0.2, 0.25) is 0 Å². The molecule has 2 heterocycles. The lowest BCUT2D eigenvalue weighted by atomic mass is 10.5. The van der Waals surface area contributed by atoms with Crippen molar-refractivity contribution in [1.29, 1.82) is 0 Å². The van der Waals surface area contributed by atoms with Crippen LogP contribution in [0.15, 0.2) is 16.9 Å². The highest BCUT2D eigenvalue weighted by Crippen LogP contribution is 2.11. The minimum atomic E-state index is 0.420. The number of anilines is 1. The van der Waals surface area contributed by atoms with E-state index in [1.807, 2.05) is 6.92 Å². The van der Waals surface area contributed by atoms with Crippen LogP contribution in [0.3, 0.4) is 0 Å². The average molecular weight is 235 g/mol. The summed E-state index contributed by atoms with van der Waals surface area (Å²) in [4.78, 5) is 12.1. The Bertz CT molecular complexity index is 485. The van der Waals surface area contributed by atoms with Gasteiger partial charge in [0.1, 0.15) is 12.1 Å². The predicted octanol–water partition coefficient (Wildman–Crippen LogP) is 1.18. The van der Waals surface area contributed by atoms with Crippen LogP contribution in [-0.2, 0) is 6.54 Å². The van der Waals surface area contributed by atoms with Crippen LogP contribution in [0.4, 0.5) is 5.82 Å². The first-order valence-corrected chi connectivity index (χ1v) is 5.26. The highest BCUT2D eigenvalue weighted by atomic mass is 16.5. The van der Waals surface area contributed by atoms with Gasteiger partial charge in [0.2, 0.25) is 11.8 Å². The quantitative estimate of drug-likeness (QED) is 0.832. The van der Waals surface area contributed by atoms with Crippen molar-refractivity contribution in [3.63, 3.8) is 0 Å². The lowest BCUT2D eigenvalue weighted by molar-refractivity contribution is 0.326. The van der Waals surface area contributed by atoms with Crippen molar-refractivity contribution in [1.82, 2.24) is 20.1 Å². The van der Waals surface area contributed by atoms with Crippen molar-refractivity contribution >= 4 is 5.82 Å². The van der Waals surface area contributed by atoms with Crippen LogP contribution < -0.4 is 10.1 Å². The normalized spacial score (nSPS) is 10.2. The fraction of sp³-hybridized carbons (Fsp3) is 0.400. The third-order valence-corrected chi connectivity index (χ3v) is 1.92. The Labute approximate surface area is 98.2 Å². The maximum absolute atomic E-state index is 5.26. The Kier molecular flexibility index (Phi) is 3.49. The van der Waals surface area contributed by atoms with Crippen LogP contribution in [0.1, 0.15) is 18.6 Å². The molecule has 7 heteroatoms. The molecular weight excluding hydrogens is 222 g/mol. The molecule has 2 aromatic rings. The molecule has 0 atom stereocenters. The van der Waals surface area contributed by atoms with E-state index in [0.29, 0.717) is 36.6 Å². The molecule has 0 saturated heterocycles. The molecule has 0 fully saturated rings. The summed E-state index contributed by atoms with van der Waals surface area (Å²) < 4.78 is 10.2. The smallest absolute Gasteiger partial charge is 0.245 e. The summed E-state index contributed by atoms with van der Waals surface area (Å²) in [6, 6.07) is 1.72. The summed E-state index contributed by atoms with van der Waals surface area (Å²) in [5, 5.41) is 6.74. The molecule has 0 spiro atoms. The molecule has 7 nitrogen and oxygen atoms in total. The SMILES string of the molecule is CCOc1cc(NCc2nc(C)no2)ncn1.